The van der Waals surface area contributed by atoms with Crippen molar-refractivity contribution >= 4 is 28.8 Å². The van der Waals surface area contributed by atoms with Gasteiger partial charge in [-0.1, -0.05) is 48.2 Å². The number of rotatable bonds is 9. The predicted octanol–water partition coefficient (Wildman–Crippen LogP) is 4.55. The number of carbonyl (C=O) groups excluding carboxylic acids is 2. The number of fused-ring (bicyclic) bond motifs is 1. The highest BCUT2D eigenvalue weighted by Crippen LogP contribution is 2.46. The van der Waals surface area contributed by atoms with E-state index in [2.05, 4.69) is 5.32 Å². The molecule has 2 heterocycles. The van der Waals surface area contributed by atoms with Gasteiger partial charge >= 0.3 is 5.97 Å². The van der Waals surface area contributed by atoms with Crippen molar-refractivity contribution in [1.82, 2.24) is 10.2 Å². The molecule has 0 bridgehead atoms. The fraction of sp³-hybridized carbons (Fsp3) is 0.296. The second-order valence-corrected chi connectivity index (χ2v) is 9.04. The van der Waals surface area contributed by atoms with Crippen molar-refractivity contribution in [1.29, 1.82) is 0 Å². The van der Waals surface area contributed by atoms with E-state index in [0.717, 1.165) is 16.8 Å². The molecule has 188 valence electrons. The third-order valence-electron chi connectivity index (χ3n) is 5.87. The highest BCUT2D eigenvalue weighted by atomic mass is 32.2. The number of ether oxygens (including phenoxy) is 3. The van der Waals surface area contributed by atoms with Gasteiger partial charge < -0.3 is 24.4 Å². The number of thioether (sulfide) groups is 1. The van der Waals surface area contributed by atoms with E-state index < -0.39 is 12.0 Å². The summed E-state index contributed by atoms with van der Waals surface area (Å²) in [7, 11) is 3.14. The van der Waals surface area contributed by atoms with Crippen LogP contribution in [0.15, 0.2) is 75.9 Å². The maximum atomic E-state index is 13.5. The van der Waals surface area contributed by atoms with Gasteiger partial charge in [0.2, 0.25) is 5.91 Å². The third-order valence-corrected chi connectivity index (χ3v) is 6.76. The molecular weight excluding hydrogens is 478 g/mol. The fourth-order valence-electron chi connectivity index (χ4n) is 4.19. The van der Waals surface area contributed by atoms with E-state index in [-0.39, 0.29) is 18.9 Å². The predicted molar refractivity (Wildman–Crippen MR) is 139 cm³/mol. The van der Waals surface area contributed by atoms with Crippen molar-refractivity contribution < 1.29 is 23.8 Å². The molecule has 0 saturated carbocycles. The van der Waals surface area contributed by atoms with Gasteiger partial charge in [0.1, 0.15) is 6.61 Å². The highest BCUT2D eigenvalue weighted by molar-refractivity contribution is 8.16. The summed E-state index contributed by atoms with van der Waals surface area (Å²) in [5.41, 5.74) is 3.41. The van der Waals surface area contributed by atoms with E-state index in [1.165, 1.54) is 11.8 Å². The van der Waals surface area contributed by atoms with Gasteiger partial charge in [-0.15, -0.1) is 0 Å². The molecule has 36 heavy (non-hydrogen) atoms. The van der Waals surface area contributed by atoms with E-state index in [1.807, 2.05) is 59.7 Å². The smallest absolute Gasteiger partial charge is 0.338 e. The molecule has 4 rings (SSSR count). The van der Waals surface area contributed by atoms with Gasteiger partial charge in [0, 0.05) is 12.2 Å². The summed E-state index contributed by atoms with van der Waals surface area (Å²) in [6.07, 6.45) is 0.162. The van der Waals surface area contributed by atoms with E-state index in [0.29, 0.717) is 34.5 Å². The number of carbonyl (C=O) groups is 2. The molecular formula is C27H29N3O5S. The van der Waals surface area contributed by atoms with Gasteiger partial charge in [-0.05, 0) is 42.5 Å². The van der Waals surface area contributed by atoms with Gasteiger partial charge in [0.25, 0.3) is 0 Å². The van der Waals surface area contributed by atoms with E-state index in [9.17, 15) is 9.59 Å². The lowest BCUT2D eigenvalue weighted by atomic mass is 9.93. The van der Waals surface area contributed by atoms with Gasteiger partial charge in [0.05, 0.1) is 38.0 Å². The van der Waals surface area contributed by atoms with Gasteiger partial charge in [-0.2, -0.15) is 0 Å². The summed E-state index contributed by atoms with van der Waals surface area (Å²) in [5, 5.41) is 5.45. The first-order valence-corrected chi connectivity index (χ1v) is 12.5. The Morgan fingerprint density at radius 3 is 2.53 bits per heavy atom. The number of nitrogens with one attached hydrogen (secondary N) is 1. The van der Waals surface area contributed by atoms with Crippen LogP contribution in [0.1, 0.15) is 37.4 Å². The number of hydrogen-bond acceptors (Lipinski definition) is 8. The lowest BCUT2D eigenvalue weighted by molar-refractivity contribution is -0.141. The summed E-state index contributed by atoms with van der Waals surface area (Å²) in [4.78, 5) is 32.6. The largest absolute Gasteiger partial charge is 0.493 e. The molecule has 2 aliphatic heterocycles. The Kier molecular flexibility index (Phi) is 8.00. The van der Waals surface area contributed by atoms with Crippen LogP contribution in [0.4, 0.5) is 0 Å². The summed E-state index contributed by atoms with van der Waals surface area (Å²) in [5.74, 6) is 0.549. The van der Waals surface area contributed by atoms with Crippen molar-refractivity contribution in [3.8, 4) is 11.5 Å². The van der Waals surface area contributed by atoms with Crippen molar-refractivity contribution in [3.63, 3.8) is 0 Å². The molecule has 0 spiro atoms. The van der Waals surface area contributed by atoms with Crippen LogP contribution >= 0.6 is 11.8 Å². The first-order valence-electron chi connectivity index (χ1n) is 11.6. The molecule has 2 aliphatic rings. The summed E-state index contributed by atoms with van der Waals surface area (Å²) >= 11 is 1.43. The molecule has 8 nitrogen and oxygen atoms in total. The summed E-state index contributed by atoms with van der Waals surface area (Å²) < 4.78 is 16.7. The van der Waals surface area contributed by atoms with Crippen molar-refractivity contribution in [3.05, 3.63) is 82.0 Å². The number of aliphatic imine (C=N–C) groups is 1. The molecule has 2 aromatic carbocycles. The van der Waals surface area contributed by atoms with Crippen LogP contribution in [0.3, 0.4) is 0 Å². The molecule has 9 heteroatoms. The molecule has 0 radical (unpaired) electrons. The minimum atomic E-state index is -0.559. The van der Waals surface area contributed by atoms with Crippen LogP contribution in [-0.2, 0) is 20.9 Å². The molecule has 0 saturated heterocycles. The Bertz CT molecular complexity index is 1240. The maximum Gasteiger partial charge on any atom is 0.338 e. The summed E-state index contributed by atoms with van der Waals surface area (Å²) in [6.45, 7) is 4.36. The number of allylic oxidation sites excluding steroid dienone is 1. The summed E-state index contributed by atoms with van der Waals surface area (Å²) in [6, 6.07) is 14.5. The van der Waals surface area contributed by atoms with Gasteiger partial charge in [0.15, 0.2) is 16.7 Å². The normalized spacial score (nSPS) is 16.7. The monoisotopic (exact) mass is 507 g/mol. The van der Waals surface area contributed by atoms with E-state index >= 15 is 0 Å². The Labute approximate surface area is 215 Å². The molecule has 1 amide bonds. The number of methoxy groups -OCH3 is 2. The van der Waals surface area contributed by atoms with Crippen molar-refractivity contribution in [2.75, 3.05) is 20.8 Å². The van der Waals surface area contributed by atoms with Gasteiger partial charge in [-0.3, -0.25) is 4.79 Å². The van der Waals surface area contributed by atoms with Crippen LogP contribution in [0.5, 0.6) is 11.5 Å². The maximum absolute atomic E-state index is 13.5. The Morgan fingerprint density at radius 1 is 1.08 bits per heavy atom. The number of benzene rings is 2. The Balaban J connectivity index is 1.74. The third kappa shape index (κ3) is 5.26. The topological polar surface area (TPSA) is 89.5 Å². The van der Waals surface area contributed by atoms with Crippen LogP contribution in [0, 0.1) is 0 Å². The zero-order valence-corrected chi connectivity index (χ0v) is 21.6. The highest BCUT2D eigenvalue weighted by Gasteiger charge is 2.41. The van der Waals surface area contributed by atoms with Crippen LogP contribution in [0.25, 0.3) is 0 Å². The molecule has 0 aromatic heterocycles. The fourth-order valence-corrected chi connectivity index (χ4v) is 5.16. The number of nitrogens with zero attached hydrogens (tertiary/aromatic N) is 2. The van der Waals surface area contributed by atoms with Crippen LogP contribution < -0.4 is 14.8 Å². The molecule has 2 aromatic rings. The molecule has 0 fully saturated rings. The van der Waals surface area contributed by atoms with Crippen LogP contribution in [-0.4, -0.2) is 42.7 Å². The molecule has 0 aliphatic carbocycles. The first kappa shape index (κ1) is 25.4. The van der Waals surface area contributed by atoms with Crippen molar-refractivity contribution in [2.45, 2.75) is 32.9 Å². The van der Waals surface area contributed by atoms with E-state index in [1.54, 1.807) is 27.2 Å². The average Bonchev–Trinajstić information content (AvgIpc) is 3.28. The Morgan fingerprint density at radius 2 is 1.83 bits per heavy atom. The molecule has 1 N–H and O–H groups in total. The minimum absolute atomic E-state index is 0.101. The van der Waals surface area contributed by atoms with Gasteiger partial charge in [-0.25, -0.2) is 9.79 Å². The van der Waals surface area contributed by atoms with Crippen molar-refractivity contribution in [2.24, 2.45) is 4.99 Å². The SMILES string of the molecule is CCNC(=O)CC1=CSC2=NC(C)=C(C(=O)OCc3ccccc3)C(c3ccc(OC)c(OC)c3)N12. The lowest BCUT2D eigenvalue weighted by Gasteiger charge is -2.36. The molecule has 1 atom stereocenters. The molecule has 1 unspecified atom stereocenters. The quantitative estimate of drug-likeness (QED) is 0.498. The minimum Gasteiger partial charge on any atom is -0.493 e. The van der Waals surface area contributed by atoms with Crippen LogP contribution in [0.2, 0.25) is 0 Å². The lowest BCUT2D eigenvalue weighted by Crippen LogP contribution is -2.38. The zero-order valence-electron chi connectivity index (χ0n) is 20.7. The second kappa shape index (κ2) is 11.3. The first-order chi connectivity index (χ1) is 17.5. The number of amides is 1. The standard InChI is InChI=1S/C27H29N3O5S/c1-5-28-23(31)14-20-16-36-27-29-17(2)24(26(32)35-15-18-9-7-6-8-10-18)25(30(20)27)19-11-12-21(33-3)22(13-19)34-4/h6-13,16,25H,5,14-15H2,1-4H3,(H,28,31). The Hall–Kier alpha value is -3.72. The number of esters is 1. The second-order valence-electron chi connectivity index (χ2n) is 8.20. The number of hydrogen-bond donors (Lipinski definition) is 1. The number of amidine groups is 1. The zero-order chi connectivity index (χ0) is 25.7. The average molecular weight is 508 g/mol. The van der Waals surface area contributed by atoms with E-state index in [4.69, 9.17) is 19.2 Å².